The smallest absolute Gasteiger partial charge is 0.369 e. The highest BCUT2D eigenvalue weighted by atomic mass is 32.2. The molecule has 1 aliphatic carbocycles. The highest BCUT2D eigenvalue weighted by Crippen LogP contribution is 2.48. The molecule has 0 spiro atoms. The predicted molar refractivity (Wildman–Crippen MR) is 142 cm³/mol. The third-order valence-corrected chi connectivity index (χ3v) is 10.5. The van der Waals surface area contributed by atoms with Gasteiger partial charge in [-0.1, -0.05) is 20.8 Å². The Labute approximate surface area is 231 Å². The molecule has 0 radical (unpaired) electrons. The van der Waals surface area contributed by atoms with Crippen molar-refractivity contribution in [1.82, 2.24) is 14.9 Å². The molecule has 1 atom stereocenters. The van der Waals surface area contributed by atoms with Gasteiger partial charge in [0.25, 0.3) is 0 Å². The van der Waals surface area contributed by atoms with Crippen LogP contribution in [0.25, 0.3) is 0 Å². The Kier molecular flexibility index (Phi) is 8.75. The summed E-state index contributed by atoms with van der Waals surface area (Å²) in [7, 11) is -2.21. The zero-order valence-corrected chi connectivity index (χ0v) is 24.2. The molecule has 8 nitrogen and oxygen atoms in total. The number of thiazole rings is 1. The molecule has 1 amide bonds. The monoisotopic (exact) mass is 588 g/mol. The summed E-state index contributed by atoms with van der Waals surface area (Å²) >= 11 is 1.41. The third kappa shape index (κ3) is 6.31. The SMILES string of the molecule is CCS(=O)(=O)c1ccc(CC(=O)Nc2nc3c(s2)CN(CC2CCC(OC)(C(F)(F)F)CC2)C3C(C)C)nc1. The fraction of sp³-hybridized carbons (Fsp3) is 0.654. The molecule has 0 saturated heterocycles. The molecule has 2 aliphatic rings. The first-order chi connectivity index (χ1) is 18.3. The molecule has 2 aromatic heterocycles. The second-order valence-electron chi connectivity index (χ2n) is 10.7. The first-order valence-electron chi connectivity index (χ1n) is 13.1. The molecule has 1 aliphatic heterocycles. The Bertz CT molecular complexity index is 1270. The number of hydrogen-bond donors (Lipinski definition) is 1. The third-order valence-electron chi connectivity index (χ3n) is 7.82. The lowest BCUT2D eigenvalue weighted by atomic mass is 9.78. The van der Waals surface area contributed by atoms with Gasteiger partial charge >= 0.3 is 6.18 Å². The number of carbonyl (C=O) groups excluding carboxylic acids is 1. The van der Waals surface area contributed by atoms with Crippen molar-refractivity contribution in [1.29, 1.82) is 0 Å². The molecular formula is C26H35F3N4O4S2. The summed E-state index contributed by atoms with van der Waals surface area (Å²) in [4.78, 5) is 25.0. The quantitative estimate of drug-likeness (QED) is 0.432. The molecule has 3 heterocycles. The van der Waals surface area contributed by atoms with Crippen LogP contribution in [0.4, 0.5) is 18.3 Å². The second kappa shape index (κ2) is 11.4. The molecule has 4 rings (SSSR count). The summed E-state index contributed by atoms with van der Waals surface area (Å²) in [5.41, 5.74) is -0.674. The molecule has 1 fully saturated rings. The maximum atomic E-state index is 13.6. The van der Waals surface area contributed by atoms with Crippen molar-refractivity contribution >= 4 is 32.2 Å². The molecule has 216 valence electrons. The van der Waals surface area contributed by atoms with Crippen molar-refractivity contribution in [3.8, 4) is 0 Å². The Morgan fingerprint density at radius 3 is 2.51 bits per heavy atom. The molecule has 1 unspecified atom stereocenters. The number of aromatic nitrogens is 2. The highest BCUT2D eigenvalue weighted by molar-refractivity contribution is 7.91. The van der Waals surface area contributed by atoms with Crippen LogP contribution in [-0.2, 0) is 32.3 Å². The number of alkyl halides is 3. The Balaban J connectivity index is 1.36. The van der Waals surface area contributed by atoms with E-state index >= 15 is 0 Å². The number of amides is 1. The van der Waals surface area contributed by atoms with Crippen LogP contribution in [-0.4, -0.2) is 60.4 Å². The molecule has 2 aromatic rings. The van der Waals surface area contributed by atoms with E-state index in [0.717, 1.165) is 17.7 Å². The maximum Gasteiger partial charge on any atom is 0.417 e. The normalized spacial score (nSPS) is 24.2. The number of pyridine rings is 1. The zero-order chi connectivity index (χ0) is 28.6. The highest BCUT2D eigenvalue weighted by Gasteiger charge is 2.56. The minimum absolute atomic E-state index is 0.0149. The first kappa shape index (κ1) is 29.9. The van der Waals surface area contributed by atoms with E-state index in [4.69, 9.17) is 9.72 Å². The number of halogens is 3. The minimum Gasteiger partial charge on any atom is -0.369 e. The molecule has 13 heteroatoms. The standard InChI is InChI=1S/C26H35F3N4O4S2/c1-5-39(35,36)19-7-6-18(30-13-19)12-21(34)31-24-32-22-20(38-24)15-33(23(22)16(2)3)14-17-8-10-25(37-4,11-9-17)26(27,28)29/h6-7,13,16-17,23H,5,8-12,14-15H2,1-4H3,(H,31,32,34). The van der Waals surface area contributed by atoms with Crippen molar-refractivity contribution in [2.24, 2.45) is 11.8 Å². The van der Waals surface area contributed by atoms with Gasteiger partial charge in [-0.3, -0.25) is 14.7 Å². The number of sulfone groups is 1. The van der Waals surface area contributed by atoms with Gasteiger partial charge in [0.1, 0.15) is 0 Å². The summed E-state index contributed by atoms with van der Waals surface area (Å²) in [5, 5.41) is 3.33. The summed E-state index contributed by atoms with van der Waals surface area (Å²) in [6.45, 7) is 7.09. The van der Waals surface area contributed by atoms with Crippen molar-refractivity contribution < 1.29 is 31.1 Å². The molecule has 39 heavy (non-hydrogen) atoms. The van der Waals surface area contributed by atoms with E-state index in [2.05, 4.69) is 29.0 Å². The summed E-state index contributed by atoms with van der Waals surface area (Å²) in [5.74, 6) is 0.0604. The summed E-state index contributed by atoms with van der Waals surface area (Å²) in [6, 6.07) is 3.01. The van der Waals surface area contributed by atoms with Gasteiger partial charge in [0.2, 0.25) is 5.91 Å². The number of hydrogen-bond acceptors (Lipinski definition) is 8. The van der Waals surface area contributed by atoms with E-state index in [1.165, 1.54) is 29.7 Å². The van der Waals surface area contributed by atoms with Crippen molar-refractivity contribution in [3.63, 3.8) is 0 Å². The number of methoxy groups -OCH3 is 1. The first-order valence-corrected chi connectivity index (χ1v) is 15.6. The summed E-state index contributed by atoms with van der Waals surface area (Å²) < 4.78 is 69.5. The van der Waals surface area contributed by atoms with Gasteiger partial charge in [-0.25, -0.2) is 13.4 Å². The maximum absolute atomic E-state index is 13.6. The van der Waals surface area contributed by atoms with Crippen LogP contribution in [0, 0.1) is 11.8 Å². The van der Waals surface area contributed by atoms with Gasteiger partial charge < -0.3 is 10.1 Å². The molecular weight excluding hydrogens is 553 g/mol. The van der Waals surface area contributed by atoms with Crippen molar-refractivity contribution in [2.75, 3.05) is 24.7 Å². The second-order valence-corrected chi connectivity index (χ2v) is 14.1. The van der Waals surface area contributed by atoms with Crippen LogP contribution in [0.3, 0.4) is 0 Å². The number of rotatable bonds is 9. The molecule has 0 bridgehead atoms. The molecule has 0 aromatic carbocycles. The van der Waals surface area contributed by atoms with E-state index in [1.54, 1.807) is 6.92 Å². The zero-order valence-electron chi connectivity index (χ0n) is 22.5. The van der Waals surface area contributed by atoms with E-state index in [1.807, 2.05) is 0 Å². The van der Waals surface area contributed by atoms with E-state index in [9.17, 15) is 26.4 Å². The van der Waals surface area contributed by atoms with Gasteiger partial charge in [0.05, 0.1) is 28.8 Å². The lowest BCUT2D eigenvalue weighted by molar-refractivity contribution is -0.282. The predicted octanol–water partition coefficient (Wildman–Crippen LogP) is 5.16. The molecule has 1 N–H and O–H groups in total. The van der Waals surface area contributed by atoms with Crippen LogP contribution < -0.4 is 5.32 Å². The molecule has 1 saturated carbocycles. The number of nitrogens with zero attached hydrogens (tertiary/aromatic N) is 3. The van der Waals surface area contributed by atoms with E-state index in [0.29, 0.717) is 36.8 Å². The Hall–Kier alpha value is -2.09. The fourth-order valence-electron chi connectivity index (χ4n) is 5.59. The van der Waals surface area contributed by atoms with Crippen LogP contribution in [0.15, 0.2) is 23.2 Å². The van der Waals surface area contributed by atoms with Gasteiger partial charge in [0, 0.05) is 37.0 Å². The van der Waals surface area contributed by atoms with Crippen LogP contribution >= 0.6 is 11.3 Å². The Morgan fingerprint density at radius 1 is 1.28 bits per heavy atom. The van der Waals surface area contributed by atoms with Gasteiger partial charge in [-0.15, -0.1) is 11.3 Å². The fourth-order valence-corrected chi connectivity index (χ4v) is 7.45. The largest absolute Gasteiger partial charge is 0.417 e. The van der Waals surface area contributed by atoms with Crippen molar-refractivity contribution in [3.05, 3.63) is 34.6 Å². The van der Waals surface area contributed by atoms with Crippen LogP contribution in [0.1, 0.15) is 68.8 Å². The van der Waals surface area contributed by atoms with Crippen molar-refractivity contribution in [2.45, 2.75) is 82.1 Å². The number of anilines is 1. The van der Waals surface area contributed by atoms with Crippen LogP contribution in [0.5, 0.6) is 0 Å². The lowest BCUT2D eigenvalue weighted by Crippen LogP contribution is -2.50. The number of carbonyl (C=O) groups is 1. The van der Waals surface area contributed by atoms with Gasteiger partial charge in [-0.2, -0.15) is 13.2 Å². The van der Waals surface area contributed by atoms with Gasteiger partial charge in [0.15, 0.2) is 20.6 Å². The van der Waals surface area contributed by atoms with Crippen LogP contribution in [0.2, 0.25) is 0 Å². The Morgan fingerprint density at radius 2 is 1.97 bits per heavy atom. The number of nitrogens with one attached hydrogen (secondary N) is 1. The number of fused-ring (bicyclic) bond motifs is 1. The number of ether oxygens (including phenoxy) is 1. The van der Waals surface area contributed by atoms with E-state index in [-0.39, 0.29) is 53.7 Å². The average Bonchev–Trinajstić information content (AvgIpc) is 3.40. The van der Waals surface area contributed by atoms with E-state index < -0.39 is 21.6 Å². The lowest BCUT2D eigenvalue weighted by Gasteiger charge is -2.41. The van der Waals surface area contributed by atoms with Gasteiger partial charge in [-0.05, 0) is 49.7 Å². The minimum atomic E-state index is -4.37. The average molecular weight is 589 g/mol. The summed E-state index contributed by atoms with van der Waals surface area (Å²) in [6.07, 6.45) is -2.26. The topological polar surface area (TPSA) is 101 Å².